The third kappa shape index (κ3) is 5.09. The Morgan fingerprint density at radius 2 is 2.11 bits per heavy atom. The second kappa shape index (κ2) is 5.36. The summed E-state index contributed by atoms with van der Waals surface area (Å²) >= 11 is 0. The molecule has 0 saturated heterocycles. The molecule has 0 nitrogen and oxygen atoms in total. The van der Waals surface area contributed by atoms with Crippen LogP contribution in [0.4, 0.5) is 0 Å². The summed E-state index contributed by atoms with van der Waals surface area (Å²) < 4.78 is 0. The lowest BCUT2D eigenvalue weighted by Gasteiger charge is -1.87. The van der Waals surface area contributed by atoms with Crippen LogP contribution in [0, 0.1) is 0 Å². The summed E-state index contributed by atoms with van der Waals surface area (Å²) in [4.78, 5) is 0. The molecule has 0 saturated carbocycles. The van der Waals surface area contributed by atoms with Crippen molar-refractivity contribution in [3.05, 3.63) is 36.5 Å². The van der Waals surface area contributed by atoms with E-state index in [-0.39, 0.29) is 0 Å². The average Bonchev–Trinajstić information content (AvgIpc) is 1.89. The maximum absolute atomic E-state index is 3.57. The zero-order valence-corrected chi connectivity index (χ0v) is 6.22. The van der Waals surface area contributed by atoms with Crippen molar-refractivity contribution in [2.75, 3.05) is 0 Å². The van der Waals surface area contributed by atoms with E-state index in [9.17, 15) is 0 Å². The number of hydrogen-bond acceptors (Lipinski definition) is 0. The first-order valence-electron chi connectivity index (χ1n) is 3.26. The lowest BCUT2D eigenvalue weighted by atomic mass is 10.2. The molecule has 0 unspecified atom stereocenters. The first-order valence-corrected chi connectivity index (χ1v) is 3.26. The standard InChI is InChI=1S/C9H14/c1-4-6-7-8-9(3)5-2/h4,6-8H,1,5H2,2-3H3/b7-6-,9-8+. The monoisotopic (exact) mass is 122 g/mol. The maximum atomic E-state index is 3.57. The van der Waals surface area contributed by atoms with Gasteiger partial charge in [-0.3, -0.25) is 0 Å². The Kier molecular flexibility index (Phi) is 4.89. The minimum absolute atomic E-state index is 1.13. The van der Waals surface area contributed by atoms with E-state index >= 15 is 0 Å². The highest BCUT2D eigenvalue weighted by atomic mass is 13.8. The van der Waals surface area contributed by atoms with Crippen LogP contribution in [0.2, 0.25) is 0 Å². The molecule has 0 bridgehead atoms. The highest BCUT2D eigenvalue weighted by Gasteiger charge is 1.76. The summed E-state index contributed by atoms with van der Waals surface area (Å²) in [5.41, 5.74) is 1.40. The lowest BCUT2D eigenvalue weighted by Crippen LogP contribution is -1.66. The molecule has 0 aliphatic heterocycles. The second-order valence-corrected chi connectivity index (χ2v) is 1.99. The van der Waals surface area contributed by atoms with E-state index in [2.05, 4.69) is 26.5 Å². The van der Waals surface area contributed by atoms with Crippen LogP contribution < -0.4 is 0 Å². The second-order valence-electron chi connectivity index (χ2n) is 1.99. The largest absolute Gasteiger partial charge is 0.0991 e. The maximum Gasteiger partial charge on any atom is -0.0349 e. The van der Waals surface area contributed by atoms with Crippen LogP contribution in [0.25, 0.3) is 0 Å². The molecule has 0 spiro atoms. The van der Waals surface area contributed by atoms with Crippen molar-refractivity contribution in [1.82, 2.24) is 0 Å². The summed E-state index contributed by atoms with van der Waals surface area (Å²) in [5.74, 6) is 0. The molecule has 0 aliphatic carbocycles. The molecule has 0 aromatic rings. The van der Waals surface area contributed by atoms with E-state index in [1.165, 1.54) is 5.57 Å². The summed E-state index contributed by atoms with van der Waals surface area (Å²) in [6.45, 7) is 7.83. The Morgan fingerprint density at radius 3 is 2.56 bits per heavy atom. The first kappa shape index (κ1) is 8.22. The Bertz CT molecular complexity index is 127. The SMILES string of the molecule is C=C/C=C\C=C(/C)CC. The average molecular weight is 122 g/mol. The predicted octanol–water partition coefficient (Wildman–Crippen LogP) is 3.08. The van der Waals surface area contributed by atoms with Crippen molar-refractivity contribution in [3.63, 3.8) is 0 Å². The van der Waals surface area contributed by atoms with Crippen LogP contribution in [0.15, 0.2) is 36.5 Å². The van der Waals surface area contributed by atoms with Gasteiger partial charge >= 0.3 is 0 Å². The van der Waals surface area contributed by atoms with Gasteiger partial charge in [-0.15, -0.1) is 0 Å². The fourth-order valence-corrected chi connectivity index (χ4v) is 0.416. The van der Waals surface area contributed by atoms with Crippen LogP contribution >= 0.6 is 0 Å². The van der Waals surface area contributed by atoms with Gasteiger partial charge in [-0.2, -0.15) is 0 Å². The van der Waals surface area contributed by atoms with Gasteiger partial charge in [-0.05, 0) is 13.3 Å². The normalized spacial score (nSPS) is 12.4. The zero-order chi connectivity index (χ0) is 7.11. The van der Waals surface area contributed by atoms with Gasteiger partial charge in [0.2, 0.25) is 0 Å². The van der Waals surface area contributed by atoms with Gasteiger partial charge in [0.15, 0.2) is 0 Å². The predicted molar refractivity (Wildman–Crippen MR) is 43.4 cm³/mol. The summed E-state index contributed by atoms with van der Waals surface area (Å²) in [6.07, 6.45) is 8.94. The summed E-state index contributed by atoms with van der Waals surface area (Å²) in [7, 11) is 0. The first-order chi connectivity index (χ1) is 4.31. The van der Waals surface area contributed by atoms with Crippen molar-refractivity contribution in [2.45, 2.75) is 20.3 Å². The minimum atomic E-state index is 1.13. The van der Waals surface area contributed by atoms with Gasteiger partial charge < -0.3 is 0 Å². The molecular formula is C9H14. The van der Waals surface area contributed by atoms with Crippen LogP contribution in [0.5, 0.6) is 0 Å². The van der Waals surface area contributed by atoms with Crippen molar-refractivity contribution in [2.24, 2.45) is 0 Å². The van der Waals surface area contributed by atoms with E-state index in [0.717, 1.165) is 6.42 Å². The molecule has 0 aromatic heterocycles. The smallest absolute Gasteiger partial charge is 0.0349 e. The number of hydrogen-bond donors (Lipinski definition) is 0. The van der Waals surface area contributed by atoms with Crippen molar-refractivity contribution >= 4 is 0 Å². The molecular weight excluding hydrogens is 108 g/mol. The molecule has 0 rings (SSSR count). The Hall–Kier alpha value is -0.780. The van der Waals surface area contributed by atoms with Crippen LogP contribution in [0.1, 0.15) is 20.3 Å². The Balaban J connectivity index is 3.67. The van der Waals surface area contributed by atoms with Crippen LogP contribution in [-0.4, -0.2) is 0 Å². The number of rotatable bonds is 3. The molecule has 0 atom stereocenters. The number of allylic oxidation sites excluding steroid dienone is 5. The third-order valence-corrected chi connectivity index (χ3v) is 1.19. The molecule has 0 heteroatoms. The fourth-order valence-electron chi connectivity index (χ4n) is 0.416. The van der Waals surface area contributed by atoms with E-state index in [1.807, 2.05) is 12.2 Å². The molecule has 0 aromatic carbocycles. The molecule has 0 aliphatic rings. The van der Waals surface area contributed by atoms with Gasteiger partial charge in [0.1, 0.15) is 0 Å². The van der Waals surface area contributed by atoms with E-state index in [0.29, 0.717) is 0 Å². The molecule has 9 heavy (non-hydrogen) atoms. The topological polar surface area (TPSA) is 0 Å². The van der Waals surface area contributed by atoms with Gasteiger partial charge in [0.05, 0.1) is 0 Å². The van der Waals surface area contributed by atoms with Crippen molar-refractivity contribution in [1.29, 1.82) is 0 Å². The van der Waals surface area contributed by atoms with Gasteiger partial charge in [0.25, 0.3) is 0 Å². The molecule has 0 fully saturated rings. The molecule has 50 valence electrons. The zero-order valence-electron chi connectivity index (χ0n) is 6.22. The van der Waals surface area contributed by atoms with Gasteiger partial charge in [0, 0.05) is 0 Å². The van der Waals surface area contributed by atoms with E-state index in [4.69, 9.17) is 0 Å². The molecule has 0 amide bonds. The summed E-state index contributed by atoms with van der Waals surface area (Å²) in [6, 6.07) is 0. The van der Waals surface area contributed by atoms with Crippen molar-refractivity contribution < 1.29 is 0 Å². The molecule has 0 N–H and O–H groups in total. The fraction of sp³-hybridized carbons (Fsp3) is 0.333. The lowest BCUT2D eigenvalue weighted by molar-refractivity contribution is 1.10. The van der Waals surface area contributed by atoms with E-state index in [1.54, 1.807) is 6.08 Å². The summed E-state index contributed by atoms with van der Waals surface area (Å²) in [5, 5.41) is 0. The van der Waals surface area contributed by atoms with Crippen LogP contribution in [-0.2, 0) is 0 Å². The Labute approximate surface area is 57.6 Å². The highest BCUT2D eigenvalue weighted by Crippen LogP contribution is 1.96. The molecule has 0 radical (unpaired) electrons. The highest BCUT2D eigenvalue weighted by molar-refractivity contribution is 5.13. The molecule has 0 heterocycles. The van der Waals surface area contributed by atoms with Crippen LogP contribution in [0.3, 0.4) is 0 Å². The Morgan fingerprint density at radius 1 is 1.44 bits per heavy atom. The third-order valence-electron chi connectivity index (χ3n) is 1.19. The van der Waals surface area contributed by atoms with Gasteiger partial charge in [-0.25, -0.2) is 0 Å². The van der Waals surface area contributed by atoms with Gasteiger partial charge in [-0.1, -0.05) is 43.4 Å². The van der Waals surface area contributed by atoms with Crippen molar-refractivity contribution in [3.8, 4) is 0 Å². The van der Waals surface area contributed by atoms with E-state index < -0.39 is 0 Å². The quantitative estimate of drug-likeness (QED) is 0.504. The minimum Gasteiger partial charge on any atom is -0.0991 e.